The standard InChI is InChI=1S/C42H35F4IN2O8.C23H24F4INO2.C22H14BrNO6.C20H13NO5/c1-39(2)30-6-4-5-7-34(30)47(57-39)41(43,44)42(45,46)55-28-13-8-24(9-14-28)18-19-49(3)23-37(52)48-25-10-15-29-33(20-25)40(56-38(29)53)31-16-11-26(50)21-35(31)54-36-22-27(51)12-17-32(36)40;1-5-15-29(4)16-14-17-10-12-18(13-11-17)30-23(26,27)22(24,25)28-20-9-7-6-8-19(20)21(2,3)31-28;23-10-20(27)24-11-1-4-14-17(7-11)22(30-21(14)28)15-5-2-12(25)8-18(15)29-19-9-13(26)3-6-16(19)22;21-10-1-4-13-16(7-10)20(26-19(13)24)14-5-2-11(22)8-17(14)25-18-9-12(23)3-6-15(18)20/h4-17,20-22,50-51H,18-19,23H2,1-3H3,(H,48,52);1,6-13H,14-16H2,2-4H3;1-9,25-26H,10H2,(H,24,27);1-9,22-23H,21H2/p+4. The fraction of sp³-hybridized carbons (Fsp3) is 0.206. The van der Waals surface area contributed by atoms with Crippen molar-refractivity contribution in [3.8, 4) is 92.8 Å². The molecule has 0 fully saturated rings. The molecule has 14 N–H and O–H groups in total. The number of nitrogens with one attached hydrogen (secondary N) is 4. The molecule has 13 aromatic rings. The fourth-order valence-electron chi connectivity index (χ4n) is 18.3. The summed E-state index contributed by atoms with van der Waals surface area (Å²) in [6, 6.07) is 65.9. The van der Waals surface area contributed by atoms with Crippen molar-refractivity contribution in [2.24, 2.45) is 0 Å². The molecular formula is C107H90BrF8I2N5O21+4. The number of nitrogen functional groups attached to an aromatic ring is 1. The smallest absolute Gasteiger partial charge is 0.508 e. The zero-order valence-corrected chi connectivity index (χ0v) is 82.9. The Balaban J connectivity index is 0.000000134. The second kappa shape index (κ2) is 38.0. The third kappa shape index (κ3) is 18.3. The molecule has 0 bridgehead atoms. The van der Waals surface area contributed by atoms with E-state index in [4.69, 9.17) is 40.6 Å². The summed E-state index contributed by atoms with van der Waals surface area (Å²) in [4.78, 5) is 65.7. The van der Waals surface area contributed by atoms with E-state index in [0.29, 0.717) is 138 Å². The van der Waals surface area contributed by atoms with Gasteiger partial charge in [-0.3, -0.25) is 9.59 Å². The van der Waals surface area contributed by atoms with Crippen LogP contribution >= 0.6 is 56.4 Å². The predicted octanol–water partition coefficient (Wildman–Crippen LogP) is 18.3. The number of aliphatic hydroxyl groups is 2. The number of hydrogen-bond acceptors (Lipinski definition) is 20. The van der Waals surface area contributed by atoms with Crippen LogP contribution in [0.5, 0.6) is 80.5 Å². The van der Waals surface area contributed by atoms with Crippen LogP contribution in [0.1, 0.15) is 131 Å². The molecule has 0 radical (unpaired) electrons. The Hall–Kier alpha value is -14.4. The minimum absolute atomic E-state index is 0.0135. The number of quaternary nitrogens is 2. The van der Waals surface area contributed by atoms with E-state index in [0.717, 1.165) is 27.5 Å². The molecule has 8 aliphatic heterocycles. The number of aromatic hydroxyl groups is 6. The van der Waals surface area contributed by atoms with Crippen LogP contribution in [0.4, 0.5) is 52.2 Å². The monoisotopic (exact) mass is 2270 g/mol. The summed E-state index contributed by atoms with van der Waals surface area (Å²) in [5.41, 5.74) is 9.76. The molecule has 8 aliphatic rings. The minimum atomic E-state index is -4.79. The third-order valence-corrected chi connectivity index (χ3v) is 36.9. The number of ether oxygens (including phenoxy) is 8. The SMILES string of the molecule is C#CC[NH+](C)CCc1ccc(OC(F)(F)C(F)(F)I2[OH+]C(C)(C)c3ccccc32)cc1.C[NH+](CCc1ccc(OC(F)(F)C(F)(F)I2[OH+]C(C)(C)c3ccccc32)cc1)CC(=O)Nc1ccc2c(c1)C1(OC2=O)c2ccc(O)cc2Oc2cc(O)ccc21.Nc1ccc2c(c1)C1(OC2=O)c2ccc(O)cc2Oc2cc(O)ccc21.O=C(CBr)Nc1ccc2c(c1)C1(OC2=O)c2ccc(O)cc2Oc2cc(O)ccc21. The van der Waals surface area contributed by atoms with Crippen LogP contribution in [-0.2, 0) is 64.6 Å². The maximum absolute atomic E-state index is 15.5. The molecule has 144 heavy (non-hydrogen) atoms. The van der Waals surface area contributed by atoms with Gasteiger partial charge in [0.05, 0.1) is 22.0 Å². The number of esters is 3. The molecule has 2 amide bonds. The van der Waals surface area contributed by atoms with Gasteiger partial charge in [0, 0.05) is 104 Å². The van der Waals surface area contributed by atoms with Gasteiger partial charge < -0.3 is 75.4 Å². The molecular weight excluding hydrogens is 2180 g/mol. The maximum atomic E-state index is 15.5. The second-order valence-electron chi connectivity index (χ2n) is 35.9. The van der Waals surface area contributed by atoms with Gasteiger partial charge in [0.15, 0.2) is 16.8 Å². The number of benzene rings is 13. The van der Waals surface area contributed by atoms with Gasteiger partial charge in [0.2, 0.25) is 5.91 Å². The van der Waals surface area contributed by atoms with Crippen LogP contribution in [0.2, 0.25) is 0 Å². The van der Waals surface area contributed by atoms with E-state index in [9.17, 15) is 63.4 Å². The first-order valence-electron chi connectivity index (χ1n) is 44.6. The number of carbonyl (C=O) groups excluding carboxylic acids is 5. The van der Waals surface area contributed by atoms with E-state index in [2.05, 4.69) is 48.1 Å². The van der Waals surface area contributed by atoms with Gasteiger partial charge >= 0.3 is 381 Å². The van der Waals surface area contributed by atoms with Crippen molar-refractivity contribution in [1.82, 2.24) is 0 Å². The number of amides is 2. The molecule has 0 aromatic heterocycles. The molecule has 13 aromatic carbocycles. The molecule has 0 saturated carbocycles. The average molecular weight is 2270 g/mol. The van der Waals surface area contributed by atoms with Crippen LogP contribution in [-0.4, -0.2) is 132 Å². The van der Waals surface area contributed by atoms with E-state index < -0.39 is 112 Å². The third-order valence-electron chi connectivity index (χ3n) is 25.1. The van der Waals surface area contributed by atoms with Gasteiger partial charge in [0.1, 0.15) is 69.0 Å². The first-order valence-corrected chi connectivity index (χ1v) is 52.0. The Morgan fingerprint density at radius 1 is 0.417 bits per heavy atom. The zero-order valence-electron chi connectivity index (χ0n) is 77.0. The van der Waals surface area contributed by atoms with Gasteiger partial charge in [-0.05, 0) is 127 Å². The Labute approximate surface area is 841 Å². The molecule has 37 heteroatoms. The molecule has 3 spiro atoms. The van der Waals surface area contributed by atoms with E-state index >= 15 is 26.3 Å². The fourth-order valence-corrected chi connectivity index (χ4v) is 29.2. The summed E-state index contributed by atoms with van der Waals surface area (Å²) >= 11 is -4.90. The van der Waals surface area contributed by atoms with E-state index in [1.807, 2.05) is 14.1 Å². The summed E-state index contributed by atoms with van der Waals surface area (Å²) in [5, 5.41) is 65.8. The molecule has 0 saturated heterocycles. The number of carbonyl (C=O) groups is 5. The Morgan fingerprint density at radius 2 is 0.729 bits per heavy atom. The summed E-state index contributed by atoms with van der Waals surface area (Å²) in [7, 11) is 3.76. The quantitative estimate of drug-likeness (QED) is 0.00493. The number of rotatable bonds is 20. The number of terminal acetylenes is 1. The number of fused-ring (bicyclic) bond motifs is 20. The first kappa shape index (κ1) is 99.7. The Kier molecular flexibility index (Phi) is 26.3. The van der Waals surface area contributed by atoms with Crippen molar-refractivity contribution in [2.75, 3.05) is 62.0 Å². The number of likely N-dealkylation sites (N-methyl/N-ethyl adjacent to an activating group) is 2. The molecule has 8 heterocycles. The molecule has 0 aliphatic carbocycles. The van der Waals surface area contributed by atoms with Gasteiger partial charge in [-0.1, -0.05) is 15.9 Å². The van der Waals surface area contributed by atoms with Crippen molar-refractivity contribution in [3.63, 3.8) is 0 Å². The van der Waals surface area contributed by atoms with Crippen molar-refractivity contribution in [1.29, 1.82) is 0 Å². The second-order valence-corrected chi connectivity index (χ2v) is 45.5. The normalized spacial score (nSPS) is 16.5. The topological polar surface area (TPSA) is 365 Å². The average Bonchev–Trinajstić information content (AvgIpc) is 1.53. The van der Waals surface area contributed by atoms with E-state index in [1.165, 1.54) is 121 Å². The number of nitrogens with two attached hydrogens (primary N) is 1. The molecule has 26 nitrogen and oxygen atoms in total. The summed E-state index contributed by atoms with van der Waals surface area (Å²) in [6.45, 7) is 8.48. The predicted molar refractivity (Wildman–Crippen MR) is 532 cm³/mol. The van der Waals surface area contributed by atoms with Crippen molar-refractivity contribution in [2.45, 2.75) is 88.6 Å². The summed E-state index contributed by atoms with van der Waals surface area (Å²) in [5.74, 6) is 1.25. The number of halogens is 11. The number of alkyl halides is 11. The number of anilines is 3. The van der Waals surface area contributed by atoms with Crippen LogP contribution in [0.15, 0.2) is 261 Å². The summed E-state index contributed by atoms with van der Waals surface area (Å²) in [6.07, 6.45) is -3.06. The van der Waals surface area contributed by atoms with Crippen molar-refractivity contribution < 1.29 is 144 Å². The summed E-state index contributed by atoms with van der Waals surface area (Å²) < 4.78 is 166. The van der Waals surface area contributed by atoms with Crippen LogP contribution in [0, 0.1) is 19.5 Å². The van der Waals surface area contributed by atoms with Crippen LogP contribution < -0.4 is 49.9 Å². The van der Waals surface area contributed by atoms with Crippen molar-refractivity contribution >= 4 is 103 Å². The van der Waals surface area contributed by atoms with Gasteiger partial charge in [-0.25, -0.2) is 14.4 Å². The van der Waals surface area contributed by atoms with Crippen LogP contribution in [0.25, 0.3) is 0 Å². The Morgan fingerprint density at radius 3 is 1.06 bits per heavy atom. The van der Waals surface area contributed by atoms with E-state index in [-0.39, 0.29) is 88.1 Å². The number of phenols is 6. The molecule has 21 rings (SSSR count). The number of phenolic OH excluding ortho intramolecular Hbond substituents is 6. The zero-order chi connectivity index (χ0) is 102. The van der Waals surface area contributed by atoms with Gasteiger partial charge in [-0.2, -0.15) is 0 Å². The molecule has 742 valence electrons. The Bertz CT molecular complexity index is 7250. The van der Waals surface area contributed by atoms with Gasteiger partial charge in [0.25, 0.3) is 0 Å². The number of hydrogen-bond donors (Lipinski definition) is 11. The minimum Gasteiger partial charge on any atom is -0.508 e. The van der Waals surface area contributed by atoms with Crippen molar-refractivity contribution in [3.05, 3.63) is 357 Å². The molecule has 2 unspecified atom stereocenters. The first-order chi connectivity index (χ1) is 68.4. The van der Waals surface area contributed by atoms with E-state index in [1.54, 1.807) is 167 Å². The van der Waals surface area contributed by atoms with Gasteiger partial charge in [-0.15, -0.1) is 6.42 Å². The van der Waals surface area contributed by atoms with Crippen LogP contribution in [0.3, 0.4) is 0 Å². The molecule has 2 atom stereocenters.